The lowest BCUT2D eigenvalue weighted by Crippen LogP contribution is -2.34. The van der Waals surface area contributed by atoms with E-state index in [1.807, 2.05) is 35.2 Å². The normalized spacial score (nSPS) is 40.6. The van der Waals surface area contributed by atoms with Crippen molar-refractivity contribution in [1.82, 2.24) is 4.90 Å². The Morgan fingerprint density at radius 1 is 1.21 bits per heavy atom. The van der Waals surface area contributed by atoms with E-state index in [0.29, 0.717) is 13.0 Å². The first-order valence-corrected chi connectivity index (χ1v) is 6.92. The zero-order chi connectivity index (χ0) is 13.0. The van der Waals surface area contributed by atoms with E-state index in [-0.39, 0.29) is 36.1 Å². The van der Waals surface area contributed by atoms with Crippen molar-refractivity contribution in [3.8, 4) is 0 Å². The summed E-state index contributed by atoms with van der Waals surface area (Å²) in [5.74, 6) is 0.448. The summed E-state index contributed by atoms with van der Waals surface area (Å²) in [4.78, 5) is 14.4. The molecule has 4 nitrogen and oxygen atoms in total. The fourth-order valence-electron chi connectivity index (χ4n) is 3.95. The van der Waals surface area contributed by atoms with Gasteiger partial charge in [-0.1, -0.05) is 30.3 Å². The summed E-state index contributed by atoms with van der Waals surface area (Å²) in [7, 11) is 0. The minimum Gasteiger partial charge on any atom is -0.393 e. The summed E-state index contributed by atoms with van der Waals surface area (Å²) in [6.45, 7) is 0.596. The van der Waals surface area contributed by atoms with E-state index < -0.39 is 0 Å². The van der Waals surface area contributed by atoms with Gasteiger partial charge in [0.2, 0.25) is 5.91 Å². The van der Waals surface area contributed by atoms with Gasteiger partial charge < -0.3 is 14.7 Å². The summed E-state index contributed by atoms with van der Waals surface area (Å²) in [6.07, 6.45) is 0.818. The Hall–Kier alpha value is -1.39. The number of hydrogen-bond acceptors (Lipinski definition) is 3. The average Bonchev–Trinajstić information content (AvgIpc) is 3.06. The topological polar surface area (TPSA) is 49.8 Å². The number of carbonyl (C=O) groups is 1. The van der Waals surface area contributed by atoms with Crippen molar-refractivity contribution in [2.45, 2.75) is 31.2 Å². The first kappa shape index (κ1) is 11.4. The van der Waals surface area contributed by atoms with Crippen LogP contribution in [0.2, 0.25) is 0 Å². The number of hydrogen-bond donors (Lipinski definition) is 1. The van der Waals surface area contributed by atoms with E-state index in [1.54, 1.807) is 0 Å². The molecule has 2 unspecified atom stereocenters. The Morgan fingerprint density at radius 2 is 2.00 bits per heavy atom. The van der Waals surface area contributed by atoms with Crippen LogP contribution >= 0.6 is 0 Å². The molecule has 1 saturated carbocycles. The van der Waals surface area contributed by atoms with E-state index >= 15 is 0 Å². The maximum Gasteiger partial charge on any atom is 0.228 e. The zero-order valence-electron chi connectivity index (χ0n) is 10.6. The monoisotopic (exact) mass is 259 g/mol. The van der Waals surface area contributed by atoms with Gasteiger partial charge in [-0.25, -0.2) is 0 Å². The molecule has 2 saturated heterocycles. The summed E-state index contributed by atoms with van der Waals surface area (Å²) in [5, 5.41) is 9.74. The van der Waals surface area contributed by atoms with Crippen molar-refractivity contribution >= 4 is 5.91 Å². The molecule has 1 aromatic carbocycles. The Balaban J connectivity index is 1.65. The molecule has 4 heteroatoms. The quantitative estimate of drug-likeness (QED) is 0.827. The third-order valence-corrected chi connectivity index (χ3v) is 4.77. The van der Waals surface area contributed by atoms with Crippen LogP contribution in [0.1, 0.15) is 24.6 Å². The number of ether oxygens (including phenoxy) is 1. The van der Waals surface area contributed by atoms with Gasteiger partial charge in [-0.3, -0.25) is 4.79 Å². The van der Waals surface area contributed by atoms with Crippen molar-refractivity contribution in [3.63, 3.8) is 0 Å². The molecule has 0 bridgehead atoms. The number of fused-ring (bicyclic) bond motifs is 3. The van der Waals surface area contributed by atoms with Gasteiger partial charge in [0.15, 0.2) is 6.23 Å². The first-order chi connectivity index (χ1) is 9.25. The largest absolute Gasteiger partial charge is 0.393 e. The van der Waals surface area contributed by atoms with Gasteiger partial charge >= 0.3 is 0 Å². The third-order valence-electron chi connectivity index (χ3n) is 4.77. The minimum absolute atomic E-state index is 0.00936. The number of nitrogens with zero attached hydrogens (tertiary/aromatic N) is 1. The Kier molecular flexibility index (Phi) is 2.44. The van der Waals surface area contributed by atoms with Gasteiger partial charge in [-0.05, 0) is 18.8 Å². The maximum absolute atomic E-state index is 12.5. The number of rotatable bonds is 1. The fraction of sp³-hybridized carbons (Fsp3) is 0.533. The zero-order valence-corrected chi connectivity index (χ0v) is 10.6. The number of aliphatic hydroxyl groups excluding tert-OH is 1. The lowest BCUT2D eigenvalue weighted by Gasteiger charge is -2.24. The number of amides is 1. The molecule has 3 aliphatic rings. The number of benzene rings is 1. The van der Waals surface area contributed by atoms with Crippen molar-refractivity contribution in [1.29, 1.82) is 0 Å². The number of aliphatic hydroxyl groups is 1. The van der Waals surface area contributed by atoms with Crippen LogP contribution in [-0.2, 0) is 9.53 Å². The average molecular weight is 259 g/mol. The molecule has 2 aliphatic heterocycles. The lowest BCUT2D eigenvalue weighted by atomic mass is 9.94. The van der Waals surface area contributed by atoms with Gasteiger partial charge in [-0.15, -0.1) is 0 Å². The molecule has 2 heterocycles. The van der Waals surface area contributed by atoms with Crippen LogP contribution in [0, 0.1) is 11.8 Å². The van der Waals surface area contributed by atoms with E-state index in [0.717, 1.165) is 12.0 Å². The molecular formula is C15H17NO3. The molecular weight excluding hydrogens is 242 g/mol. The molecule has 3 fully saturated rings. The van der Waals surface area contributed by atoms with Crippen molar-refractivity contribution < 1.29 is 14.6 Å². The van der Waals surface area contributed by atoms with E-state index in [9.17, 15) is 9.90 Å². The highest BCUT2D eigenvalue weighted by Gasteiger charge is 2.57. The molecule has 0 spiro atoms. The molecule has 5 atom stereocenters. The predicted octanol–water partition coefficient (Wildman–Crippen LogP) is 1.31. The van der Waals surface area contributed by atoms with E-state index in [2.05, 4.69) is 0 Å². The van der Waals surface area contributed by atoms with Crippen LogP contribution in [0.25, 0.3) is 0 Å². The second-order valence-electron chi connectivity index (χ2n) is 5.80. The van der Waals surface area contributed by atoms with E-state index in [1.165, 1.54) is 0 Å². The molecule has 19 heavy (non-hydrogen) atoms. The summed E-state index contributed by atoms with van der Waals surface area (Å²) >= 11 is 0. The number of carbonyl (C=O) groups excluding carboxylic acids is 1. The molecule has 1 amide bonds. The van der Waals surface area contributed by atoms with Crippen molar-refractivity contribution in [2.75, 3.05) is 6.61 Å². The van der Waals surface area contributed by atoms with Gasteiger partial charge in [-0.2, -0.15) is 0 Å². The lowest BCUT2D eigenvalue weighted by molar-refractivity contribution is -0.137. The van der Waals surface area contributed by atoms with Gasteiger partial charge in [0.1, 0.15) is 0 Å². The van der Waals surface area contributed by atoms with Crippen LogP contribution in [0.4, 0.5) is 0 Å². The summed E-state index contributed by atoms with van der Waals surface area (Å²) < 4.78 is 5.84. The van der Waals surface area contributed by atoms with Crippen LogP contribution in [0.3, 0.4) is 0 Å². The van der Waals surface area contributed by atoms with Crippen LogP contribution in [-0.4, -0.2) is 34.7 Å². The smallest absolute Gasteiger partial charge is 0.228 e. The maximum atomic E-state index is 12.5. The van der Waals surface area contributed by atoms with Crippen LogP contribution < -0.4 is 0 Å². The minimum atomic E-state index is -0.308. The van der Waals surface area contributed by atoms with E-state index in [4.69, 9.17) is 4.74 Å². The molecule has 1 aliphatic carbocycles. The standard InChI is InChI=1S/C15H17NO3/c17-10-6-11-12(7-10)14(18)16-13(11)8-19-15(16)9-4-2-1-3-5-9/h1-5,10-13,15,17H,6-8H2/t10?,11-,12?,13+,15-/m0/s1. The molecule has 1 aromatic rings. The SMILES string of the molecule is O=C1C2CC(O)C[C@@H]2[C@H]2CO[C@@H](c3ccccc3)N12. The van der Waals surface area contributed by atoms with Gasteiger partial charge in [0.25, 0.3) is 0 Å². The highest BCUT2D eigenvalue weighted by molar-refractivity contribution is 5.83. The molecule has 1 N–H and O–H groups in total. The second kappa shape index (κ2) is 4.05. The summed E-state index contributed by atoms with van der Waals surface area (Å²) in [5.41, 5.74) is 1.04. The van der Waals surface area contributed by atoms with Crippen molar-refractivity contribution in [3.05, 3.63) is 35.9 Å². The van der Waals surface area contributed by atoms with Crippen LogP contribution in [0.5, 0.6) is 0 Å². The highest BCUT2D eigenvalue weighted by atomic mass is 16.5. The Labute approximate surface area is 112 Å². The Bertz CT molecular complexity index is 503. The fourth-order valence-corrected chi connectivity index (χ4v) is 3.95. The molecule has 0 aromatic heterocycles. The van der Waals surface area contributed by atoms with Crippen molar-refractivity contribution in [2.24, 2.45) is 11.8 Å². The first-order valence-electron chi connectivity index (χ1n) is 6.92. The van der Waals surface area contributed by atoms with Gasteiger partial charge in [0, 0.05) is 11.5 Å². The molecule has 100 valence electrons. The second-order valence-corrected chi connectivity index (χ2v) is 5.80. The molecule has 0 radical (unpaired) electrons. The Morgan fingerprint density at radius 3 is 2.79 bits per heavy atom. The van der Waals surface area contributed by atoms with Crippen LogP contribution in [0.15, 0.2) is 30.3 Å². The third kappa shape index (κ3) is 1.56. The van der Waals surface area contributed by atoms with Gasteiger partial charge in [0.05, 0.1) is 18.8 Å². The summed E-state index contributed by atoms with van der Waals surface area (Å²) in [6, 6.07) is 10.1. The molecule has 4 rings (SSSR count). The predicted molar refractivity (Wildman–Crippen MR) is 68.0 cm³/mol. The highest BCUT2D eigenvalue weighted by Crippen LogP contribution is 2.49.